The maximum Gasteiger partial charge on any atom is 0.488 e. The zero-order valence-electron chi connectivity index (χ0n) is 27.1. The molecule has 6 rings (SSSR count). The number of hydrogen-bond donors (Lipinski definition) is 5. The van der Waals surface area contributed by atoms with Crippen molar-refractivity contribution in [3.8, 4) is 0 Å². The fourth-order valence-electron chi connectivity index (χ4n) is 6.42. The van der Waals surface area contributed by atoms with Crippen LogP contribution in [0.2, 0.25) is 0 Å². The van der Waals surface area contributed by atoms with E-state index in [4.69, 9.17) is 14.5 Å². The monoisotopic (exact) mass is 741 g/mol. The van der Waals surface area contributed by atoms with E-state index in [1.54, 1.807) is 17.0 Å². The Morgan fingerprint density at radius 2 is 1.75 bits per heavy atom. The average molecular weight is 742 g/mol. The highest BCUT2D eigenvalue weighted by atomic mass is 32.1. The molecule has 0 radical (unpaired) electrons. The summed E-state index contributed by atoms with van der Waals surface area (Å²) in [6.45, 7) is 1.29. The summed E-state index contributed by atoms with van der Waals surface area (Å²) < 4.78 is 46.6. The zero-order valence-corrected chi connectivity index (χ0v) is 28.8. The van der Waals surface area contributed by atoms with E-state index in [9.17, 15) is 37.8 Å². The first-order valence-electron chi connectivity index (χ1n) is 16.2. The van der Waals surface area contributed by atoms with E-state index in [1.165, 1.54) is 29.2 Å². The number of likely N-dealkylation sites (tertiary alicyclic amines) is 1. The number of fused-ring (bicyclic) bond motifs is 1. The molecule has 2 aliphatic heterocycles. The molecule has 1 aromatic heterocycles. The lowest BCUT2D eigenvalue weighted by molar-refractivity contribution is -0.149. The van der Waals surface area contributed by atoms with E-state index in [-0.39, 0.29) is 40.7 Å². The van der Waals surface area contributed by atoms with Gasteiger partial charge >= 0.3 is 20.4 Å². The molecule has 3 heterocycles. The fourth-order valence-corrected chi connectivity index (χ4v) is 7.84. The number of ether oxygens (including phenoxy) is 1. The fraction of sp³-hybridized carbons (Fsp3) is 0.324. The van der Waals surface area contributed by atoms with Gasteiger partial charge in [0.2, 0.25) is 11.8 Å². The molecule has 17 heteroatoms. The molecule has 2 saturated heterocycles. The van der Waals surface area contributed by atoms with Gasteiger partial charge in [0.15, 0.2) is 0 Å². The Hall–Kier alpha value is -4.02. The molecule has 3 atom stereocenters. The first-order chi connectivity index (χ1) is 24.2. The van der Waals surface area contributed by atoms with Gasteiger partial charge in [0, 0.05) is 29.8 Å². The molecule has 51 heavy (non-hydrogen) atoms. The lowest BCUT2D eigenvalue weighted by Gasteiger charge is -2.37. The molecular weight excluding hydrogens is 706 g/mol. The molecule has 3 unspecified atom stereocenters. The quantitative estimate of drug-likeness (QED) is 0.121. The highest BCUT2D eigenvalue weighted by molar-refractivity contribution is 7.52. The Morgan fingerprint density at radius 1 is 1.02 bits per heavy atom. The highest BCUT2D eigenvalue weighted by Crippen LogP contribution is 2.59. The Morgan fingerprint density at radius 3 is 2.43 bits per heavy atom. The predicted molar refractivity (Wildman–Crippen MR) is 185 cm³/mol. The van der Waals surface area contributed by atoms with Crippen molar-refractivity contribution in [2.45, 2.75) is 43.1 Å². The van der Waals surface area contributed by atoms with Crippen molar-refractivity contribution < 1.29 is 52.3 Å². The molecule has 3 amide bonds. The minimum Gasteiger partial charge on any atom is -0.423 e. The molecule has 2 aliphatic rings. The SMILES string of the molecule is O=C(NC(Cc1ccc(B(O)O)cc1)C(=O)N1CCCC1C(=O)N1CCOC(c2ccccc2)C1)c1cc2cc(C(F)(F)P(=O)(O)O)ccc2s1. The summed E-state index contributed by atoms with van der Waals surface area (Å²) in [4.78, 5) is 63.4. The number of nitrogens with zero attached hydrogens (tertiary/aromatic N) is 2. The smallest absolute Gasteiger partial charge is 0.423 e. The van der Waals surface area contributed by atoms with Gasteiger partial charge in [0.05, 0.1) is 18.0 Å². The van der Waals surface area contributed by atoms with Crippen LogP contribution < -0.4 is 10.8 Å². The van der Waals surface area contributed by atoms with E-state index in [0.717, 1.165) is 29.0 Å². The number of amides is 3. The lowest BCUT2D eigenvalue weighted by Crippen LogP contribution is -2.56. The van der Waals surface area contributed by atoms with Crippen LogP contribution in [0.5, 0.6) is 0 Å². The number of morpholine rings is 1. The van der Waals surface area contributed by atoms with Crippen molar-refractivity contribution in [3.63, 3.8) is 0 Å². The molecule has 5 N–H and O–H groups in total. The molecule has 0 saturated carbocycles. The Kier molecular flexibility index (Phi) is 10.8. The topological polar surface area (TPSA) is 177 Å². The molecule has 0 aliphatic carbocycles. The number of nitrogens with one attached hydrogen (secondary N) is 1. The van der Waals surface area contributed by atoms with Gasteiger partial charge in [-0.1, -0.05) is 60.7 Å². The number of carbonyl (C=O) groups excluding carboxylic acids is 3. The molecule has 4 aromatic rings. The number of benzene rings is 3. The van der Waals surface area contributed by atoms with Crippen molar-refractivity contribution in [2.24, 2.45) is 0 Å². The first kappa shape index (κ1) is 36.8. The normalized spacial score (nSPS) is 18.9. The zero-order chi connectivity index (χ0) is 36.5. The van der Waals surface area contributed by atoms with E-state index < -0.39 is 49.8 Å². The largest absolute Gasteiger partial charge is 0.488 e. The van der Waals surface area contributed by atoms with Crippen molar-refractivity contribution >= 4 is 59.3 Å². The van der Waals surface area contributed by atoms with Crippen LogP contribution in [0.3, 0.4) is 0 Å². The van der Waals surface area contributed by atoms with Crippen LogP contribution in [-0.2, 0) is 31.0 Å². The van der Waals surface area contributed by atoms with Gasteiger partial charge in [-0.2, -0.15) is 8.78 Å². The van der Waals surface area contributed by atoms with Gasteiger partial charge in [-0.25, -0.2) is 0 Å². The van der Waals surface area contributed by atoms with Crippen LogP contribution in [0, 0.1) is 0 Å². The lowest BCUT2D eigenvalue weighted by atomic mass is 9.80. The molecule has 268 valence electrons. The summed E-state index contributed by atoms with van der Waals surface area (Å²) >= 11 is 0.948. The number of hydrogen-bond acceptors (Lipinski definition) is 8. The molecule has 0 spiro atoms. The van der Waals surface area contributed by atoms with Crippen molar-refractivity contribution in [2.75, 3.05) is 26.2 Å². The maximum atomic E-state index is 14.4. The van der Waals surface area contributed by atoms with E-state index in [2.05, 4.69) is 5.32 Å². The van der Waals surface area contributed by atoms with Crippen LogP contribution >= 0.6 is 18.9 Å². The minimum absolute atomic E-state index is 0.0129. The standard InChI is InChI=1S/C34H35BF2N3O9PS/c36-34(37,50(46,47)48)24-10-13-29-23(18-24)19-30(51-29)31(41)38-26(17-21-8-11-25(12-9-21)35(44)45)32(42)40-14-4-7-27(40)33(43)39-15-16-49-28(20-39)22-5-2-1-3-6-22/h1-3,5-6,8-13,18-19,26-28,44-45H,4,7,14-17,20H2,(H,38,41)(H2,46,47,48). The third-order valence-corrected chi connectivity index (χ3v) is 11.2. The summed E-state index contributed by atoms with van der Waals surface area (Å²) in [5.41, 5.74) is -3.59. The summed E-state index contributed by atoms with van der Waals surface area (Å²) in [7, 11) is -7.52. The van der Waals surface area contributed by atoms with E-state index in [1.807, 2.05) is 30.3 Å². The van der Waals surface area contributed by atoms with Crippen LogP contribution in [0.4, 0.5) is 8.78 Å². The van der Waals surface area contributed by atoms with E-state index >= 15 is 0 Å². The summed E-state index contributed by atoms with van der Waals surface area (Å²) in [6, 6.07) is 18.1. The van der Waals surface area contributed by atoms with Crippen molar-refractivity contribution in [1.29, 1.82) is 0 Å². The Bertz CT molecular complexity index is 1960. The summed E-state index contributed by atoms with van der Waals surface area (Å²) in [5, 5.41) is 21.9. The van der Waals surface area contributed by atoms with Crippen LogP contribution in [0.1, 0.15) is 45.3 Å². The number of halogens is 2. The minimum atomic E-state index is -5.81. The van der Waals surface area contributed by atoms with Crippen LogP contribution in [0.15, 0.2) is 78.9 Å². The summed E-state index contributed by atoms with van der Waals surface area (Å²) in [5.74, 6) is -1.41. The van der Waals surface area contributed by atoms with Gasteiger partial charge in [-0.3, -0.25) is 18.9 Å². The number of alkyl halides is 2. The molecular formula is C34H35BF2N3O9PS. The average Bonchev–Trinajstić information content (AvgIpc) is 3.79. The van der Waals surface area contributed by atoms with Crippen molar-refractivity contribution in [1.82, 2.24) is 15.1 Å². The van der Waals surface area contributed by atoms with Gasteiger partial charge in [-0.05, 0) is 53.0 Å². The number of carbonyl (C=O) groups is 3. The molecule has 0 bridgehead atoms. The van der Waals surface area contributed by atoms with Crippen LogP contribution in [-0.4, -0.2) is 92.8 Å². The van der Waals surface area contributed by atoms with Gasteiger partial charge in [0.25, 0.3) is 5.91 Å². The van der Waals surface area contributed by atoms with Crippen LogP contribution in [0.25, 0.3) is 10.1 Å². The second kappa shape index (κ2) is 14.9. The van der Waals surface area contributed by atoms with Gasteiger partial charge in [-0.15, -0.1) is 11.3 Å². The first-order valence-corrected chi connectivity index (χ1v) is 18.6. The Labute approximate surface area is 295 Å². The van der Waals surface area contributed by atoms with E-state index in [0.29, 0.717) is 42.8 Å². The predicted octanol–water partition coefficient (Wildman–Crippen LogP) is 2.74. The van der Waals surface area contributed by atoms with Gasteiger partial charge < -0.3 is 39.7 Å². The third-order valence-electron chi connectivity index (χ3n) is 9.14. The molecule has 12 nitrogen and oxygen atoms in total. The van der Waals surface area contributed by atoms with Gasteiger partial charge in [0.1, 0.15) is 18.2 Å². The molecule has 3 aromatic carbocycles. The number of thiophene rings is 1. The summed E-state index contributed by atoms with van der Waals surface area (Å²) in [6.07, 6.45) is 0.666. The molecule has 2 fully saturated rings. The maximum absolute atomic E-state index is 14.4. The second-order valence-electron chi connectivity index (χ2n) is 12.5. The second-order valence-corrected chi connectivity index (χ2v) is 15.3. The Balaban J connectivity index is 1.24. The van der Waals surface area contributed by atoms with Crippen molar-refractivity contribution in [3.05, 3.63) is 100 Å². The highest BCUT2D eigenvalue weighted by Gasteiger charge is 2.50. The number of rotatable bonds is 10. The third kappa shape index (κ3) is 7.92.